The van der Waals surface area contributed by atoms with Crippen LogP contribution in [0.3, 0.4) is 0 Å². The lowest BCUT2D eigenvalue weighted by atomic mass is 10.1. The number of hydrogen-bond acceptors (Lipinski definition) is 7. The van der Waals surface area contributed by atoms with Gasteiger partial charge in [-0.15, -0.1) is 0 Å². The summed E-state index contributed by atoms with van der Waals surface area (Å²) in [5, 5.41) is 12.7. The number of hydrogen-bond donors (Lipinski definition) is 2. The van der Waals surface area contributed by atoms with Gasteiger partial charge in [-0.05, 0) is 11.6 Å². The van der Waals surface area contributed by atoms with Gasteiger partial charge >= 0.3 is 0 Å². The van der Waals surface area contributed by atoms with Gasteiger partial charge in [-0.25, -0.2) is 0 Å². The third-order valence-electron chi connectivity index (χ3n) is 4.86. The topological polar surface area (TPSA) is 106 Å². The molecule has 144 valence electrons. The van der Waals surface area contributed by atoms with Crippen molar-refractivity contribution >= 4 is 23.1 Å². The molecule has 1 aliphatic heterocycles. The second-order valence-corrected chi connectivity index (χ2v) is 6.96. The highest BCUT2D eigenvalue weighted by Gasteiger charge is 2.20. The average Bonchev–Trinajstić information content (AvgIpc) is 3.15. The van der Waals surface area contributed by atoms with Gasteiger partial charge < -0.3 is 20.1 Å². The summed E-state index contributed by atoms with van der Waals surface area (Å²) < 4.78 is 1.58. The molecular weight excluding hydrogens is 356 g/mol. The summed E-state index contributed by atoms with van der Waals surface area (Å²) in [6.07, 6.45) is 0. The van der Waals surface area contributed by atoms with Crippen molar-refractivity contribution in [2.24, 2.45) is 0 Å². The Kier molecular flexibility index (Phi) is 4.71. The molecule has 0 saturated carbocycles. The van der Waals surface area contributed by atoms with Crippen molar-refractivity contribution in [3.05, 3.63) is 45.7 Å². The van der Waals surface area contributed by atoms with Crippen LogP contribution in [-0.2, 0) is 6.54 Å². The second-order valence-electron chi connectivity index (χ2n) is 6.96. The zero-order chi connectivity index (χ0) is 19.7. The molecule has 1 aromatic carbocycles. The SMILES string of the molecule is CN(C)c1nc2nc(N3CCNCC3)[nH]c2c(=O)n1Cc1ccccc1C#N. The lowest BCUT2D eigenvalue weighted by molar-refractivity contribution is 0.582. The number of imidazole rings is 1. The summed E-state index contributed by atoms with van der Waals surface area (Å²) in [5.74, 6) is 1.17. The molecule has 0 aliphatic carbocycles. The average molecular weight is 378 g/mol. The minimum Gasteiger partial charge on any atom is -0.348 e. The quantitative estimate of drug-likeness (QED) is 0.681. The van der Waals surface area contributed by atoms with E-state index in [0.717, 1.165) is 31.7 Å². The molecule has 28 heavy (non-hydrogen) atoms. The number of aromatic amines is 1. The number of aromatic nitrogens is 4. The maximum atomic E-state index is 13.3. The number of rotatable bonds is 4. The normalized spacial score (nSPS) is 14.2. The Balaban J connectivity index is 1.83. The molecule has 0 atom stereocenters. The van der Waals surface area contributed by atoms with Crippen molar-refractivity contribution in [3.63, 3.8) is 0 Å². The molecule has 2 aromatic heterocycles. The molecule has 3 aromatic rings. The molecule has 3 heterocycles. The number of nitrogens with zero attached hydrogens (tertiary/aromatic N) is 6. The molecule has 2 N–H and O–H groups in total. The van der Waals surface area contributed by atoms with Crippen LogP contribution >= 0.6 is 0 Å². The fourth-order valence-electron chi connectivity index (χ4n) is 3.41. The van der Waals surface area contributed by atoms with E-state index in [0.29, 0.717) is 28.6 Å². The zero-order valence-electron chi connectivity index (χ0n) is 15.9. The zero-order valence-corrected chi connectivity index (χ0v) is 15.9. The van der Waals surface area contributed by atoms with Crippen molar-refractivity contribution < 1.29 is 0 Å². The Morgan fingerprint density at radius 3 is 2.68 bits per heavy atom. The minimum absolute atomic E-state index is 0.199. The van der Waals surface area contributed by atoms with Gasteiger partial charge in [-0.2, -0.15) is 15.2 Å². The Hall–Kier alpha value is -3.38. The lowest BCUT2D eigenvalue weighted by Crippen LogP contribution is -2.44. The lowest BCUT2D eigenvalue weighted by Gasteiger charge is -2.26. The molecule has 0 radical (unpaired) electrons. The van der Waals surface area contributed by atoms with E-state index >= 15 is 0 Å². The third-order valence-corrected chi connectivity index (χ3v) is 4.86. The van der Waals surface area contributed by atoms with E-state index in [1.54, 1.807) is 15.5 Å². The predicted octanol–water partition coefficient (Wildman–Crippen LogP) is 0.515. The summed E-state index contributed by atoms with van der Waals surface area (Å²) in [7, 11) is 3.67. The van der Waals surface area contributed by atoms with Gasteiger partial charge in [-0.1, -0.05) is 18.2 Å². The molecule has 1 fully saturated rings. The van der Waals surface area contributed by atoms with Crippen molar-refractivity contribution in [2.75, 3.05) is 50.1 Å². The fraction of sp³-hybridized carbons (Fsp3) is 0.368. The summed E-state index contributed by atoms with van der Waals surface area (Å²) in [6, 6.07) is 9.47. The van der Waals surface area contributed by atoms with Gasteiger partial charge in [0.2, 0.25) is 11.9 Å². The molecule has 0 amide bonds. The molecule has 0 bridgehead atoms. The molecule has 1 aliphatic rings. The van der Waals surface area contributed by atoms with Crippen LogP contribution in [0.4, 0.5) is 11.9 Å². The van der Waals surface area contributed by atoms with E-state index in [2.05, 4.69) is 31.2 Å². The van der Waals surface area contributed by atoms with Gasteiger partial charge in [-0.3, -0.25) is 9.36 Å². The number of H-pyrrole nitrogens is 1. The van der Waals surface area contributed by atoms with Crippen LogP contribution in [0.1, 0.15) is 11.1 Å². The van der Waals surface area contributed by atoms with Crippen LogP contribution in [0.5, 0.6) is 0 Å². The molecule has 9 nitrogen and oxygen atoms in total. The summed E-state index contributed by atoms with van der Waals surface area (Å²) in [5.41, 5.74) is 1.92. The van der Waals surface area contributed by atoms with E-state index < -0.39 is 0 Å². The van der Waals surface area contributed by atoms with Gasteiger partial charge in [0.15, 0.2) is 11.2 Å². The van der Waals surface area contributed by atoms with Crippen molar-refractivity contribution in [1.82, 2.24) is 24.8 Å². The Bertz CT molecular complexity index is 1100. The first-order valence-electron chi connectivity index (χ1n) is 9.20. The van der Waals surface area contributed by atoms with Crippen LogP contribution in [0.25, 0.3) is 11.2 Å². The Labute approximate surface area is 162 Å². The van der Waals surface area contributed by atoms with Crippen LogP contribution in [-0.4, -0.2) is 59.8 Å². The Morgan fingerprint density at radius 1 is 1.21 bits per heavy atom. The first-order chi connectivity index (χ1) is 13.6. The second kappa shape index (κ2) is 7.32. The Morgan fingerprint density at radius 2 is 1.96 bits per heavy atom. The van der Waals surface area contributed by atoms with Crippen LogP contribution in [0.15, 0.2) is 29.1 Å². The van der Waals surface area contributed by atoms with Crippen molar-refractivity contribution in [1.29, 1.82) is 5.26 Å². The summed E-state index contributed by atoms with van der Waals surface area (Å²) >= 11 is 0. The number of benzene rings is 1. The molecule has 1 saturated heterocycles. The molecule has 0 spiro atoms. The van der Waals surface area contributed by atoms with E-state index in [1.807, 2.05) is 32.3 Å². The highest BCUT2D eigenvalue weighted by atomic mass is 16.1. The minimum atomic E-state index is -0.199. The van der Waals surface area contributed by atoms with Crippen LogP contribution in [0, 0.1) is 11.3 Å². The molecular formula is C19H22N8O. The fourth-order valence-corrected chi connectivity index (χ4v) is 3.41. The number of nitrogens with one attached hydrogen (secondary N) is 2. The van der Waals surface area contributed by atoms with Gasteiger partial charge in [0.1, 0.15) is 0 Å². The number of nitriles is 1. The van der Waals surface area contributed by atoms with E-state index in [-0.39, 0.29) is 12.1 Å². The molecule has 4 rings (SSSR count). The maximum Gasteiger partial charge on any atom is 0.281 e. The summed E-state index contributed by atoms with van der Waals surface area (Å²) in [6.45, 7) is 3.67. The third kappa shape index (κ3) is 3.18. The molecule has 9 heteroatoms. The highest BCUT2D eigenvalue weighted by Crippen LogP contribution is 2.18. The highest BCUT2D eigenvalue weighted by molar-refractivity contribution is 5.74. The predicted molar refractivity (Wildman–Crippen MR) is 108 cm³/mol. The standard InChI is InChI=1S/C19H22N8O/c1-25(2)19-24-16-15(22-18(23-16)26-9-7-21-8-10-26)17(28)27(19)12-14-6-4-3-5-13(14)11-20/h3-6,21H,7-10,12H2,1-2H3,(H,22,23). The van der Waals surface area contributed by atoms with E-state index in [9.17, 15) is 10.1 Å². The largest absolute Gasteiger partial charge is 0.348 e. The van der Waals surface area contributed by atoms with Crippen molar-refractivity contribution in [2.45, 2.75) is 6.54 Å². The summed E-state index contributed by atoms with van der Waals surface area (Å²) in [4.78, 5) is 29.5. The number of anilines is 2. The number of piperazine rings is 1. The first kappa shape index (κ1) is 18.0. The van der Waals surface area contributed by atoms with Crippen LogP contribution in [0.2, 0.25) is 0 Å². The van der Waals surface area contributed by atoms with E-state index in [4.69, 9.17) is 0 Å². The maximum absolute atomic E-state index is 13.3. The van der Waals surface area contributed by atoms with Gasteiger partial charge in [0, 0.05) is 40.3 Å². The van der Waals surface area contributed by atoms with Crippen molar-refractivity contribution in [3.8, 4) is 6.07 Å². The van der Waals surface area contributed by atoms with Gasteiger partial charge in [0.05, 0.1) is 18.2 Å². The first-order valence-corrected chi connectivity index (χ1v) is 9.20. The van der Waals surface area contributed by atoms with E-state index in [1.165, 1.54) is 0 Å². The monoisotopic (exact) mass is 378 g/mol. The molecule has 0 unspecified atom stereocenters. The van der Waals surface area contributed by atoms with Gasteiger partial charge in [0.25, 0.3) is 5.56 Å². The number of fused-ring (bicyclic) bond motifs is 1. The van der Waals surface area contributed by atoms with Crippen LogP contribution < -0.4 is 20.7 Å². The smallest absolute Gasteiger partial charge is 0.281 e.